The van der Waals surface area contributed by atoms with E-state index in [1.165, 1.54) is 24.0 Å². The Bertz CT molecular complexity index is 583. The summed E-state index contributed by atoms with van der Waals surface area (Å²) in [5.41, 5.74) is 3.75. The first kappa shape index (κ1) is 13.6. The van der Waals surface area contributed by atoms with Gasteiger partial charge in [-0.2, -0.15) is 0 Å². The lowest BCUT2D eigenvalue weighted by atomic mass is 10.0. The van der Waals surface area contributed by atoms with Crippen LogP contribution in [0.25, 0.3) is 0 Å². The monoisotopic (exact) mass is 286 g/mol. The molecule has 1 aliphatic heterocycles. The van der Waals surface area contributed by atoms with Crippen LogP contribution in [0.1, 0.15) is 35.7 Å². The minimum atomic E-state index is 0.472. The molecule has 2 heterocycles. The maximum absolute atomic E-state index is 5.97. The molecule has 0 saturated carbocycles. The van der Waals surface area contributed by atoms with E-state index in [4.69, 9.17) is 11.6 Å². The maximum Gasteiger partial charge on any atom is 0.129 e. The molecule has 104 valence electrons. The minimum absolute atomic E-state index is 0.472. The average molecular weight is 287 g/mol. The molecule has 2 aromatic rings. The first-order valence-corrected chi connectivity index (χ1v) is 7.53. The lowest BCUT2D eigenvalue weighted by molar-refractivity contribution is 0.247. The number of likely N-dealkylation sites (tertiary alicyclic amines) is 1. The summed E-state index contributed by atoms with van der Waals surface area (Å²) in [6, 6.07) is 15.2. The van der Waals surface area contributed by atoms with Gasteiger partial charge in [0.25, 0.3) is 0 Å². The number of rotatable bonds is 3. The number of benzene rings is 1. The summed E-state index contributed by atoms with van der Waals surface area (Å²) < 4.78 is 0. The van der Waals surface area contributed by atoms with Gasteiger partial charge in [-0.15, -0.1) is 0 Å². The highest BCUT2D eigenvalue weighted by molar-refractivity contribution is 6.29. The highest BCUT2D eigenvalue weighted by Gasteiger charge is 2.27. The van der Waals surface area contributed by atoms with E-state index >= 15 is 0 Å². The molecular formula is C17H19ClN2. The van der Waals surface area contributed by atoms with Gasteiger partial charge in [-0.05, 0) is 43.5 Å². The molecule has 0 radical (unpaired) electrons. The molecule has 1 aromatic carbocycles. The Morgan fingerprint density at radius 3 is 2.75 bits per heavy atom. The van der Waals surface area contributed by atoms with Crippen molar-refractivity contribution in [2.75, 3.05) is 6.54 Å². The molecule has 1 atom stereocenters. The van der Waals surface area contributed by atoms with Crippen LogP contribution in [0, 0.1) is 6.92 Å². The topological polar surface area (TPSA) is 16.1 Å². The van der Waals surface area contributed by atoms with Gasteiger partial charge in [-0.25, -0.2) is 4.98 Å². The van der Waals surface area contributed by atoms with Crippen LogP contribution in [0.2, 0.25) is 5.15 Å². The molecule has 1 saturated heterocycles. The van der Waals surface area contributed by atoms with E-state index in [2.05, 4.69) is 53.2 Å². The second-order valence-electron chi connectivity index (χ2n) is 5.42. The van der Waals surface area contributed by atoms with Gasteiger partial charge in [0.15, 0.2) is 0 Å². The maximum atomic E-state index is 5.97. The quantitative estimate of drug-likeness (QED) is 0.779. The first-order chi connectivity index (χ1) is 9.74. The predicted octanol–water partition coefficient (Wildman–Crippen LogP) is 4.38. The molecule has 0 N–H and O–H groups in total. The summed E-state index contributed by atoms with van der Waals surface area (Å²) in [4.78, 5) is 6.95. The standard InChI is InChI=1S/C17H19ClN2/c1-13-15(9-10-17(18)19-13)16-8-5-11-20(16)12-14-6-3-2-4-7-14/h2-4,6-7,9-10,16H,5,8,11-12H2,1H3/t16-/m0/s1. The third-order valence-electron chi connectivity index (χ3n) is 4.04. The normalized spacial score (nSPS) is 19.4. The number of halogens is 1. The van der Waals surface area contributed by atoms with Crippen molar-refractivity contribution in [3.05, 3.63) is 64.4 Å². The van der Waals surface area contributed by atoms with E-state index in [1.54, 1.807) is 0 Å². The molecule has 2 nitrogen and oxygen atoms in total. The van der Waals surface area contributed by atoms with E-state index in [0.717, 1.165) is 18.8 Å². The third kappa shape index (κ3) is 2.87. The molecule has 1 aliphatic rings. The van der Waals surface area contributed by atoms with Gasteiger partial charge >= 0.3 is 0 Å². The van der Waals surface area contributed by atoms with E-state index < -0.39 is 0 Å². The van der Waals surface area contributed by atoms with Crippen molar-refractivity contribution in [3.8, 4) is 0 Å². The van der Waals surface area contributed by atoms with Crippen LogP contribution < -0.4 is 0 Å². The van der Waals surface area contributed by atoms with Crippen molar-refractivity contribution >= 4 is 11.6 Å². The van der Waals surface area contributed by atoms with Crippen molar-refractivity contribution in [2.24, 2.45) is 0 Å². The summed E-state index contributed by atoms with van der Waals surface area (Å²) >= 11 is 5.97. The predicted molar refractivity (Wildman–Crippen MR) is 82.8 cm³/mol. The van der Waals surface area contributed by atoms with Crippen LogP contribution in [0.3, 0.4) is 0 Å². The summed E-state index contributed by atoms with van der Waals surface area (Å²) in [6.45, 7) is 4.22. The smallest absolute Gasteiger partial charge is 0.129 e. The fraction of sp³-hybridized carbons (Fsp3) is 0.353. The Kier molecular flexibility index (Phi) is 4.04. The molecule has 20 heavy (non-hydrogen) atoms. The Balaban J connectivity index is 1.82. The Morgan fingerprint density at radius 1 is 1.20 bits per heavy atom. The largest absolute Gasteiger partial charge is 0.292 e. The van der Waals surface area contributed by atoms with Gasteiger partial charge < -0.3 is 0 Å². The Morgan fingerprint density at radius 2 is 2.00 bits per heavy atom. The van der Waals surface area contributed by atoms with Gasteiger partial charge in [0.1, 0.15) is 5.15 Å². The molecule has 3 heteroatoms. The Labute approximate surface area is 125 Å². The van der Waals surface area contributed by atoms with Crippen molar-refractivity contribution in [3.63, 3.8) is 0 Å². The van der Waals surface area contributed by atoms with Crippen LogP contribution in [-0.2, 0) is 6.54 Å². The molecular weight excluding hydrogens is 268 g/mol. The van der Waals surface area contributed by atoms with Crippen molar-refractivity contribution in [2.45, 2.75) is 32.4 Å². The number of aromatic nitrogens is 1. The highest BCUT2D eigenvalue weighted by Crippen LogP contribution is 2.34. The summed E-state index contributed by atoms with van der Waals surface area (Å²) in [5, 5.41) is 0.582. The van der Waals surface area contributed by atoms with Crippen LogP contribution in [0.5, 0.6) is 0 Å². The van der Waals surface area contributed by atoms with Gasteiger partial charge in [0.05, 0.1) is 0 Å². The zero-order valence-electron chi connectivity index (χ0n) is 11.7. The van der Waals surface area contributed by atoms with E-state index in [1.807, 2.05) is 6.07 Å². The molecule has 0 spiro atoms. The summed E-state index contributed by atoms with van der Waals surface area (Å²) in [6.07, 6.45) is 2.45. The lowest BCUT2D eigenvalue weighted by Crippen LogP contribution is -2.23. The lowest BCUT2D eigenvalue weighted by Gasteiger charge is -2.25. The van der Waals surface area contributed by atoms with Crippen molar-refractivity contribution in [1.82, 2.24) is 9.88 Å². The average Bonchev–Trinajstić information content (AvgIpc) is 2.88. The minimum Gasteiger partial charge on any atom is -0.292 e. The van der Waals surface area contributed by atoms with Gasteiger partial charge in [0.2, 0.25) is 0 Å². The number of nitrogens with zero attached hydrogens (tertiary/aromatic N) is 2. The molecule has 1 aromatic heterocycles. The van der Waals surface area contributed by atoms with E-state index in [0.29, 0.717) is 11.2 Å². The molecule has 0 unspecified atom stereocenters. The second-order valence-corrected chi connectivity index (χ2v) is 5.81. The number of hydrogen-bond acceptors (Lipinski definition) is 2. The van der Waals surface area contributed by atoms with Crippen molar-refractivity contribution < 1.29 is 0 Å². The molecule has 3 rings (SSSR count). The highest BCUT2D eigenvalue weighted by atomic mass is 35.5. The van der Waals surface area contributed by atoms with Gasteiger partial charge in [-0.3, -0.25) is 4.90 Å². The number of pyridine rings is 1. The van der Waals surface area contributed by atoms with Gasteiger partial charge in [-0.1, -0.05) is 48.0 Å². The van der Waals surface area contributed by atoms with Crippen molar-refractivity contribution in [1.29, 1.82) is 0 Å². The van der Waals surface area contributed by atoms with Crippen LogP contribution in [0.4, 0.5) is 0 Å². The second kappa shape index (κ2) is 5.94. The summed E-state index contributed by atoms with van der Waals surface area (Å²) in [5.74, 6) is 0. The molecule has 1 fully saturated rings. The fourth-order valence-corrected chi connectivity index (χ4v) is 3.27. The molecule has 0 bridgehead atoms. The first-order valence-electron chi connectivity index (χ1n) is 7.15. The van der Waals surface area contributed by atoms with Crippen LogP contribution >= 0.6 is 11.6 Å². The van der Waals surface area contributed by atoms with Crippen LogP contribution in [-0.4, -0.2) is 16.4 Å². The zero-order valence-corrected chi connectivity index (χ0v) is 12.5. The third-order valence-corrected chi connectivity index (χ3v) is 4.25. The van der Waals surface area contributed by atoms with Gasteiger partial charge in [0, 0.05) is 18.3 Å². The SMILES string of the molecule is Cc1nc(Cl)ccc1[C@@H]1CCCN1Cc1ccccc1. The van der Waals surface area contributed by atoms with Crippen LogP contribution in [0.15, 0.2) is 42.5 Å². The Hall–Kier alpha value is -1.38. The zero-order chi connectivity index (χ0) is 13.9. The number of aryl methyl sites for hydroxylation is 1. The molecule has 0 amide bonds. The summed E-state index contributed by atoms with van der Waals surface area (Å²) in [7, 11) is 0. The van der Waals surface area contributed by atoms with E-state index in [9.17, 15) is 0 Å². The molecule has 0 aliphatic carbocycles. The van der Waals surface area contributed by atoms with E-state index in [-0.39, 0.29) is 0 Å². The number of hydrogen-bond donors (Lipinski definition) is 0. The fourth-order valence-electron chi connectivity index (χ4n) is 3.08.